The van der Waals surface area contributed by atoms with E-state index in [0.717, 1.165) is 24.0 Å². The van der Waals surface area contributed by atoms with E-state index in [1.54, 1.807) is 0 Å². The minimum atomic E-state index is -0.212. The monoisotopic (exact) mass is 338 g/mol. The fourth-order valence-electron chi connectivity index (χ4n) is 3.16. The molecule has 2 heteroatoms. The first-order valence-electron chi connectivity index (χ1n) is 9.50. The van der Waals surface area contributed by atoms with Crippen LogP contribution in [0, 0.1) is 0 Å². The van der Waals surface area contributed by atoms with Gasteiger partial charge in [0.15, 0.2) is 0 Å². The number of hydrogen-bond donors (Lipinski definition) is 0. The number of unbranched alkanes of at least 4 members (excludes halogenated alkanes) is 2. The fraction of sp³-hybridized carbons (Fsp3) is 0.435. The lowest BCUT2D eigenvalue weighted by atomic mass is 9.87. The van der Waals surface area contributed by atoms with Gasteiger partial charge in [-0.15, -0.1) is 0 Å². The molecule has 0 aliphatic heterocycles. The SMILES string of the molecule is CCCCCc1cccc(C(=O)OCc2ccccc2)c1C(C)CC. The summed E-state index contributed by atoms with van der Waals surface area (Å²) >= 11 is 0. The van der Waals surface area contributed by atoms with Gasteiger partial charge in [-0.1, -0.05) is 76.1 Å². The molecule has 2 aromatic carbocycles. The number of carbonyl (C=O) groups is 1. The van der Waals surface area contributed by atoms with Crippen molar-refractivity contribution in [1.29, 1.82) is 0 Å². The summed E-state index contributed by atoms with van der Waals surface area (Å²) in [6.07, 6.45) is 5.65. The van der Waals surface area contributed by atoms with Gasteiger partial charge in [-0.3, -0.25) is 0 Å². The summed E-state index contributed by atoms with van der Waals surface area (Å²) in [4.78, 5) is 12.7. The van der Waals surface area contributed by atoms with Crippen molar-refractivity contribution in [3.05, 3.63) is 70.8 Å². The Kier molecular flexibility index (Phi) is 7.72. The second-order valence-electron chi connectivity index (χ2n) is 6.71. The van der Waals surface area contributed by atoms with Crippen LogP contribution in [-0.4, -0.2) is 5.97 Å². The summed E-state index contributed by atoms with van der Waals surface area (Å²) in [6, 6.07) is 15.9. The van der Waals surface area contributed by atoms with E-state index in [2.05, 4.69) is 26.8 Å². The predicted molar refractivity (Wildman–Crippen MR) is 104 cm³/mol. The minimum Gasteiger partial charge on any atom is -0.457 e. The second kappa shape index (κ2) is 10.0. The van der Waals surface area contributed by atoms with Gasteiger partial charge in [-0.2, -0.15) is 0 Å². The Morgan fingerprint density at radius 3 is 2.44 bits per heavy atom. The maximum absolute atomic E-state index is 12.7. The summed E-state index contributed by atoms with van der Waals surface area (Å²) in [6.45, 7) is 6.91. The standard InChI is InChI=1S/C23H30O2/c1-4-6-8-14-20-15-11-16-21(22(20)18(3)5-2)23(24)25-17-19-12-9-7-10-13-19/h7,9-13,15-16,18H,4-6,8,14,17H2,1-3H3. The second-order valence-corrected chi connectivity index (χ2v) is 6.71. The van der Waals surface area contributed by atoms with Gasteiger partial charge in [0.25, 0.3) is 0 Å². The summed E-state index contributed by atoms with van der Waals surface area (Å²) < 4.78 is 5.59. The average molecular weight is 338 g/mol. The Morgan fingerprint density at radius 2 is 1.76 bits per heavy atom. The van der Waals surface area contributed by atoms with Crippen LogP contribution in [-0.2, 0) is 17.8 Å². The van der Waals surface area contributed by atoms with Crippen LogP contribution < -0.4 is 0 Å². The van der Waals surface area contributed by atoms with Crippen LogP contribution in [0.4, 0.5) is 0 Å². The molecule has 1 unspecified atom stereocenters. The van der Waals surface area contributed by atoms with Gasteiger partial charge in [-0.25, -0.2) is 4.79 Å². The Bertz CT molecular complexity index is 661. The third-order valence-electron chi connectivity index (χ3n) is 4.78. The minimum absolute atomic E-state index is 0.212. The first-order valence-corrected chi connectivity index (χ1v) is 9.50. The zero-order valence-corrected chi connectivity index (χ0v) is 15.8. The Labute approximate surface area is 152 Å². The average Bonchev–Trinajstić information content (AvgIpc) is 2.66. The number of carbonyl (C=O) groups excluding carboxylic acids is 1. The van der Waals surface area contributed by atoms with E-state index in [1.807, 2.05) is 42.5 Å². The molecule has 0 aliphatic rings. The summed E-state index contributed by atoms with van der Waals surface area (Å²) in [5.41, 5.74) is 4.23. The Morgan fingerprint density at radius 1 is 1.00 bits per heavy atom. The van der Waals surface area contributed by atoms with Gasteiger partial charge in [0.2, 0.25) is 0 Å². The number of hydrogen-bond acceptors (Lipinski definition) is 2. The van der Waals surface area contributed by atoms with Gasteiger partial charge >= 0.3 is 5.97 Å². The van der Waals surface area contributed by atoms with Crippen molar-refractivity contribution in [3.63, 3.8) is 0 Å². The van der Waals surface area contributed by atoms with Crippen molar-refractivity contribution < 1.29 is 9.53 Å². The van der Waals surface area contributed by atoms with Crippen LogP contribution in [0.5, 0.6) is 0 Å². The van der Waals surface area contributed by atoms with E-state index < -0.39 is 0 Å². The summed E-state index contributed by atoms with van der Waals surface area (Å²) in [5.74, 6) is 0.147. The maximum Gasteiger partial charge on any atom is 0.338 e. The molecule has 0 amide bonds. The molecule has 134 valence electrons. The van der Waals surface area contributed by atoms with Crippen molar-refractivity contribution in [1.82, 2.24) is 0 Å². The molecule has 0 radical (unpaired) electrons. The normalized spacial score (nSPS) is 12.0. The van der Waals surface area contributed by atoms with Gasteiger partial charge < -0.3 is 4.74 Å². The molecule has 0 saturated heterocycles. The van der Waals surface area contributed by atoms with Crippen LogP contribution in [0.3, 0.4) is 0 Å². The van der Waals surface area contributed by atoms with Crippen molar-refractivity contribution in [2.75, 3.05) is 0 Å². The molecule has 0 fully saturated rings. The molecule has 0 saturated carbocycles. The molecule has 0 aliphatic carbocycles. The quantitative estimate of drug-likeness (QED) is 0.397. The summed E-state index contributed by atoms with van der Waals surface area (Å²) in [5, 5.41) is 0. The lowest BCUT2D eigenvalue weighted by Crippen LogP contribution is -2.12. The Hall–Kier alpha value is -2.09. The smallest absolute Gasteiger partial charge is 0.338 e. The first-order chi connectivity index (χ1) is 12.2. The number of esters is 1. The highest BCUT2D eigenvalue weighted by Crippen LogP contribution is 2.29. The van der Waals surface area contributed by atoms with E-state index >= 15 is 0 Å². The fourth-order valence-corrected chi connectivity index (χ4v) is 3.16. The number of aryl methyl sites for hydroxylation is 1. The third kappa shape index (κ3) is 5.45. The molecule has 0 spiro atoms. The van der Waals surface area contributed by atoms with Crippen LogP contribution in [0.15, 0.2) is 48.5 Å². The van der Waals surface area contributed by atoms with Crippen molar-refractivity contribution in [3.8, 4) is 0 Å². The lowest BCUT2D eigenvalue weighted by molar-refractivity contribution is 0.0470. The predicted octanol–water partition coefficient (Wildman–Crippen LogP) is 6.29. The van der Waals surface area contributed by atoms with Crippen molar-refractivity contribution >= 4 is 5.97 Å². The highest BCUT2D eigenvalue weighted by Gasteiger charge is 2.19. The summed E-state index contributed by atoms with van der Waals surface area (Å²) in [7, 11) is 0. The van der Waals surface area contributed by atoms with E-state index in [9.17, 15) is 4.79 Å². The molecule has 0 heterocycles. The number of rotatable bonds is 9. The lowest BCUT2D eigenvalue weighted by Gasteiger charge is -2.19. The molecule has 1 atom stereocenters. The van der Waals surface area contributed by atoms with Gasteiger partial charge in [-0.05, 0) is 47.9 Å². The van der Waals surface area contributed by atoms with E-state index in [-0.39, 0.29) is 5.97 Å². The first kappa shape index (κ1) is 19.2. The zero-order valence-electron chi connectivity index (χ0n) is 15.8. The molecule has 0 aromatic heterocycles. The van der Waals surface area contributed by atoms with Crippen LogP contribution in [0.1, 0.15) is 79.4 Å². The molecular formula is C23H30O2. The van der Waals surface area contributed by atoms with E-state index in [1.165, 1.54) is 30.4 Å². The van der Waals surface area contributed by atoms with Crippen LogP contribution in [0.25, 0.3) is 0 Å². The Balaban J connectivity index is 2.19. The molecule has 0 N–H and O–H groups in total. The maximum atomic E-state index is 12.7. The van der Waals surface area contributed by atoms with E-state index in [0.29, 0.717) is 12.5 Å². The molecule has 25 heavy (non-hydrogen) atoms. The van der Waals surface area contributed by atoms with Gasteiger partial charge in [0.05, 0.1) is 5.56 Å². The van der Waals surface area contributed by atoms with Crippen LogP contribution in [0.2, 0.25) is 0 Å². The van der Waals surface area contributed by atoms with Crippen LogP contribution >= 0.6 is 0 Å². The third-order valence-corrected chi connectivity index (χ3v) is 4.78. The van der Waals surface area contributed by atoms with Crippen molar-refractivity contribution in [2.45, 2.75) is 65.4 Å². The molecule has 2 nitrogen and oxygen atoms in total. The van der Waals surface area contributed by atoms with Gasteiger partial charge in [0, 0.05) is 0 Å². The topological polar surface area (TPSA) is 26.3 Å². The van der Waals surface area contributed by atoms with E-state index in [4.69, 9.17) is 4.74 Å². The van der Waals surface area contributed by atoms with Gasteiger partial charge in [0.1, 0.15) is 6.61 Å². The highest BCUT2D eigenvalue weighted by molar-refractivity contribution is 5.91. The molecule has 2 rings (SSSR count). The zero-order chi connectivity index (χ0) is 18.1. The molecule has 2 aromatic rings. The number of ether oxygens (including phenoxy) is 1. The number of benzene rings is 2. The molecule has 0 bridgehead atoms. The largest absolute Gasteiger partial charge is 0.457 e. The molecular weight excluding hydrogens is 308 g/mol. The van der Waals surface area contributed by atoms with Crippen molar-refractivity contribution in [2.24, 2.45) is 0 Å². The highest BCUT2D eigenvalue weighted by atomic mass is 16.5.